The molecular formula is C13H12FNO3. The van der Waals surface area contributed by atoms with Crippen LogP contribution in [-0.2, 0) is 21.4 Å². The lowest BCUT2D eigenvalue weighted by Crippen LogP contribution is -2.45. The Kier molecular flexibility index (Phi) is 2.20. The average Bonchev–Trinajstić information content (AvgIpc) is 2.81. The maximum atomic E-state index is 13.2. The van der Waals surface area contributed by atoms with E-state index in [4.69, 9.17) is 0 Å². The van der Waals surface area contributed by atoms with E-state index >= 15 is 0 Å². The van der Waals surface area contributed by atoms with Gasteiger partial charge in [-0.15, -0.1) is 0 Å². The van der Waals surface area contributed by atoms with Crippen molar-refractivity contribution < 1.29 is 19.1 Å². The predicted octanol–water partition coefficient (Wildman–Crippen LogP) is 0.983. The number of aryl methyl sites for hydroxylation is 1. The third-order valence-corrected chi connectivity index (χ3v) is 4.03. The molecule has 0 bridgehead atoms. The van der Waals surface area contributed by atoms with E-state index < -0.39 is 17.4 Å². The van der Waals surface area contributed by atoms with Crippen molar-refractivity contribution >= 4 is 11.9 Å². The minimum absolute atomic E-state index is 0.169. The van der Waals surface area contributed by atoms with Crippen molar-refractivity contribution in [1.82, 2.24) is 5.32 Å². The Morgan fingerprint density at radius 2 is 2.28 bits per heavy atom. The summed E-state index contributed by atoms with van der Waals surface area (Å²) in [5.41, 5.74) is 0.916. The smallest absolute Gasteiger partial charge is 0.327 e. The molecule has 1 spiro atoms. The lowest BCUT2D eigenvalue weighted by molar-refractivity contribution is -0.141. The van der Waals surface area contributed by atoms with Gasteiger partial charge in [-0.3, -0.25) is 4.79 Å². The molecule has 5 heteroatoms. The number of rotatable bonds is 1. The van der Waals surface area contributed by atoms with Crippen molar-refractivity contribution in [2.75, 3.05) is 0 Å². The van der Waals surface area contributed by atoms with Gasteiger partial charge >= 0.3 is 5.97 Å². The Bertz CT molecular complexity index is 557. The van der Waals surface area contributed by atoms with Crippen molar-refractivity contribution in [3.63, 3.8) is 0 Å². The number of benzene rings is 1. The van der Waals surface area contributed by atoms with Crippen LogP contribution < -0.4 is 5.32 Å². The second-order valence-electron chi connectivity index (χ2n) is 4.97. The molecule has 1 saturated heterocycles. The average molecular weight is 249 g/mol. The number of carboxylic acid groups (broad SMARTS) is 1. The second kappa shape index (κ2) is 3.54. The molecule has 18 heavy (non-hydrogen) atoms. The zero-order valence-corrected chi connectivity index (χ0v) is 9.57. The summed E-state index contributed by atoms with van der Waals surface area (Å²) in [6, 6.07) is 3.48. The fourth-order valence-corrected chi connectivity index (χ4v) is 3.27. The Balaban J connectivity index is 2.13. The molecule has 0 saturated carbocycles. The molecule has 94 valence electrons. The molecule has 2 atom stereocenters. The van der Waals surface area contributed by atoms with Crippen LogP contribution in [0.5, 0.6) is 0 Å². The maximum absolute atomic E-state index is 13.2. The number of carboxylic acids is 1. The van der Waals surface area contributed by atoms with E-state index in [-0.39, 0.29) is 18.1 Å². The quantitative estimate of drug-likeness (QED) is 0.779. The molecule has 4 nitrogen and oxygen atoms in total. The van der Waals surface area contributed by atoms with Crippen LogP contribution in [-0.4, -0.2) is 23.0 Å². The number of hydrogen-bond donors (Lipinski definition) is 2. The lowest BCUT2D eigenvalue weighted by Gasteiger charge is -2.27. The van der Waals surface area contributed by atoms with E-state index in [9.17, 15) is 19.1 Å². The first-order chi connectivity index (χ1) is 8.53. The van der Waals surface area contributed by atoms with E-state index in [0.717, 1.165) is 11.1 Å². The molecule has 1 fully saturated rings. The number of aliphatic carboxylic acids is 1. The number of nitrogens with one attached hydrogen (secondary N) is 1. The molecule has 1 aliphatic carbocycles. The Hall–Kier alpha value is -1.91. The van der Waals surface area contributed by atoms with Gasteiger partial charge in [0, 0.05) is 11.8 Å². The van der Waals surface area contributed by atoms with Gasteiger partial charge in [0.25, 0.3) is 0 Å². The summed E-state index contributed by atoms with van der Waals surface area (Å²) in [5, 5.41) is 11.8. The van der Waals surface area contributed by atoms with Crippen molar-refractivity contribution in [2.45, 2.75) is 30.7 Å². The fourth-order valence-electron chi connectivity index (χ4n) is 3.27. The van der Waals surface area contributed by atoms with Gasteiger partial charge < -0.3 is 10.4 Å². The molecule has 1 heterocycles. The summed E-state index contributed by atoms with van der Waals surface area (Å²) in [5.74, 6) is -1.60. The van der Waals surface area contributed by atoms with Gasteiger partial charge in [-0.05, 0) is 36.1 Å². The Morgan fingerprint density at radius 3 is 3.00 bits per heavy atom. The molecule has 2 unspecified atom stereocenters. The molecule has 2 N–H and O–H groups in total. The Labute approximate surface area is 103 Å². The van der Waals surface area contributed by atoms with Gasteiger partial charge in [-0.2, -0.15) is 0 Å². The van der Waals surface area contributed by atoms with Crippen LogP contribution in [0, 0.1) is 5.82 Å². The summed E-state index contributed by atoms with van der Waals surface area (Å²) < 4.78 is 13.2. The normalized spacial score (nSPS) is 29.4. The molecule has 0 radical (unpaired) electrons. The SMILES string of the molecule is O=C1CC2(CCc3cc(F)ccc32)C(C(=O)O)N1. The standard InChI is InChI=1S/C13H12FNO3/c14-8-1-2-9-7(5-8)3-4-13(9)6-10(16)15-11(13)12(17)18/h1-2,5,11H,3-4,6H2,(H,15,16)(H,17,18). The summed E-state index contributed by atoms with van der Waals surface area (Å²) in [7, 11) is 0. The van der Waals surface area contributed by atoms with Crippen molar-refractivity contribution in [3.05, 3.63) is 35.1 Å². The highest BCUT2D eigenvalue weighted by atomic mass is 19.1. The monoisotopic (exact) mass is 249 g/mol. The third-order valence-electron chi connectivity index (χ3n) is 4.03. The Morgan fingerprint density at radius 1 is 1.50 bits per heavy atom. The van der Waals surface area contributed by atoms with Crippen LogP contribution in [0.2, 0.25) is 0 Å². The van der Waals surface area contributed by atoms with Crippen molar-refractivity contribution in [3.8, 4) is 0 Å². The first kappa shape index (κ1) is 11.2. The highest BCUT2D eigenvalue weighted by Crippen LogP contribution is 2.47. The largest absolute Gasteiger partial charge is 0.480 e. The van der Waals surface area contributed by atoms with Crippen LogP contribution in [0.25, 0.3) is 0 Å². The first-order valence-corrected chi connectivity index (χ1v) is 5.84. The summed E-state index contributed by atoms with van der Waals surface area (Å²) >= 11 is 0. The van der Waals surface area contributed by atoms with Gasteiger partial charge in [0.15, 0.2) is 0 Å². The fraction of sp³-hybridized carbons (Fsp3) is 0.385. The van der Waals surface area contributed by atoms with Gasteiger partial charge in [0.2, 0.25) is 5.91 Å². The number of carbonyl (C=O) groups is 2. The molecular weight excluding hydrogens is 237 g/mol. The topological polar surface area (TPSA) is 66.4 Å². The van der Waals surface area contributed by atoms with Gasteiger partial charge in [-0.25, -0.2) is 9.18 Å². The minimum atomic E-state index is -1.03. The van der Waals surface area contributed by atoms with E-state index in [1.807, 2.05) is 0 Å². The van der Waals surface area contributed by atoms with Crippen LogP contribution in [0.3, 0.4) is 0 Å². The molecule has 1 aromatic rings. The number of carbonyl (C=O) groups excluding carboxylic acids is 1. The molecule has 1 amide bonds. The molecule has 1 aliphatic heterocycles. The molecule has 0 aromatic heterocycles. The number of fused-ring (bicyclic) bond motifs is 2. The van der Waals surface area contributed by atoms with E-state index in [1.165, 1.54) is 12.1 Å². The van der Waals surface area contributed by atoms with Crippen LogP contribution >= 0.6 is 0 Å². The van der Waals surface area contributed by atoms with Gasteiger partial charge in [-0.1, -0.05) is 6.07 Å². The van der Waals surface area contributed by atoms with Crippen molar-refractivity contribution in [2.24, 2.45) is 0 Å². The third kappa shape index (κ3) is 1.36. The minimum Gasteiger partial charge on any atom is -0.480 e. The number of amides is 1. The van der Waals surface area contributed by atoms with E-state index in [1.54, 1.807) is 6.07 Å². The van der Waals surface area contributed by atoms with Gasteiger partial charge in [0.05, 0.1) is 0 Å². The highest BCUT2D eigenvalue weighted by molar-refractivity contribution is 5.91. The maximum Gasteiger partial charge on any atom is 0.327 e. The zero-order chi connectivity index (χ0) is 12.9. The summed E-state index contributed by atoms with van der Waals surface area (Å²) in [6.45, 7) is 0. The number of hydrogen-bond acceptors (Lipinski definition) is 2. The summed E-state index contributed by atoms with van der Waals surface area (Å²) in [4.78, 5) is 22.8. The first-order valence-electron chi connectivity index (χ1n) is 5.84. The zero-order valence-electron chi connectivity index (χ0n) is 9.57. The molecule has 2 aliphatic rings. The molecule has 1 aromatic carbocycles. The lowest BCUT2D eigenvalue weighted by atomic mass is 9.75. The van der Waals surface area contributed by atoms with E-state index in [0.29, 0.717) is 12.8 Å². The van der Waals surface area contributed by atoms with Crippen LogP contribution in [0.15, 0.2) is 18.2 Å². The predicted molar refractivity (Wildman–Crippen MR) is 60.6 cm³/mol. The summed E-state index contributed by atoms with van der Waals surface area (Å²) in [6.07, 6.45) is 1.36. The second-order valence-corrected chi connectivity index (χ2v) is 4.97. The number of halogens is 1. The van der Waals surface area contributed by atoms with Crippen molar-refractivity contribution in [1.29, 1.82) is 0 Å². The van der Waals surface area contributed by atoms with Gasteiger partial charge in [0.1, 0.15) is 11.9 Å². The van der Waals surface area contributed by atoms with Crippen LogP contribution in [0.1, 0.15) is 24.0 Å². The van der Waals surface area contributed by atoms with E-state index in [2.05, 4.69) is 5.32 Å². The molecule has 3 rings (SSSR count). The van der Waals surface area contributed by atoms with Crippen LogP contribution in [0.4, 0.5) is 4.39 Å². The highest BCUT2D eigenvalue weighted by Gasteiger charge is 2.54.